The highest BCUT2D eigenvalue weighted by Crippen LogP contribution is 1.90. The number of aliphatic hydroxyl groups excluding tert-OH is 2. The second-order valence-corrected chi connectivity index (χ2v) is 1.97. The summed E-state index contributed by atoms with van der Waals surface area (Å²) in [5.74, 6) is -0.370. The lowest BCUT2D eigenvalue weighted by Gasteiger charge is -2.05. The van der Waals surface area contributed by atoms with Gasteiger partial charge in [-0.25, -0.2) is 0 Å². The van der Waals surface area contributed by atoms with Crippen LogP contribution in [0.25, 0.3) is 0 Å². The predicted octanol–water partition coefficient (Wildman–Crippen LogP) is -0.707. The van der Waals surface area contributed by atoms with Crippen molar-refractivity contribution in [3.8, 4) is 0 Å². The van der Waals surface area contributed by atoms with Crippen LogP contribution in [-0.4, -0.2) is 35.5 Å². The maximum absolute atomic E-state index is 10.1. The topological polar surface area (TPSA) is 66.8 Å². The average molecular weight is 148 g/mol. The molecule has 4 nitrogen and oxygen atoms in total. The van der Waals surface area contributed by atoms with Crippen LogP contribution in [-0.2, 0) is 9.53 Å². The fourth-order valence-corrected chi connectivity index (χ4v) is 0.430. The summed E-state index contributed by atoms with van der Waals surface area (Å²) in [5.41, 5.74) is 0. The Morgan fingerprint density at radius 3 is 2.70 bits per heavy atom. The third-order valence-corrected chi connectivity index (χ3v) is 0.967. The van der Waals surface area contributed by atoms with E-state index in [1.165, 1.54) is 6.92 Å². The Morgan fingerprint density at radius 1 is 1.70 bits per heavy atom. The summed E-state index contributed by atoms with van der Waals surface area (Å²) >= 11 is 0. The molecule has 0 saturated heterocycles. The number of carbonyl (C=O) groups is 1. The molecule has 0 radical (unpaired) electrons. The van der Waals surface area contributed by atoms with Crippen LogP contribution in [0.2, 0.25) is 0 Å². The van der Waals surface area contributed by atoms with Crippen LogP contribution < -0.4 is 0 Å². The van der Waals surface area contributed by atoms with Crippen molar-refractivity contribution in [1.29, 1.82) is 0 Å². The molecule has 0 aromatic rings. The SMILES string of the molecule is CC(=O)OCCC(O)CO. The van der Waals surface area contributed by atoms with Crippen LogP contribution in [0.4, 0.5) is 0 Å². The van der Waals surface area contributed by atoms with Crippen LogP contribution in [0.5, 0.6) is 0 Å². The van der Waals surface area contributed by atoms with Gasteiger partial charge < -0.3 is 14.9 Å². The zero-order valence-electron chi connectivity index (χ0n) is 5.91. The van der Waals surface area contributed by atoms with Gasteiger partial charge in [-0.2, -0.15) is 0 Å². The number of carbonyl (C=O) groups excluding carboxylic acids is 1. The molecule has 0 fully saturated rings. The standard InChI is InChI=1S/C6H12O4/c1-5(8)10-3-2-6(9)4-7/h6-7,9H,2-4H2,1H3. The smallest absolute Gasteiger partial charge is 0.302 e. The van der Waals surface area contributed by atoms with Crippen molar-refractivity contribution in [3.63, 3.8) is 0 Å². The first kappa shape index (κ1) is 9.39. The fraction of sp³-hybridized carbons (Fsp3) is 0.833. The van der Waals surface area contributed by atoms with Crippen LogP contribution in [0.15, 0.2) is 0 Å². The first-order valence-electron chi connectivity index (χ1n) is 3.09. The molecule has 0 aliphatic heterocycles. The third-order valence-electron chi connectivity index (χ3n) is 0.967. The Hall–Kier alpha value is -0.610. The van der Waals surface area contributed by atoms with E-state index in [0.717, 1.165) is 0 Å². The molecule has 0 aliphatic carbocycles. The molecule has 1 atom stereocenters. The highest BCUT2D eigenvalue weighted by molar-refractivity contribution is 5.65. The van der Waals surface area contributed by atoms with E-state index in [9.17, 15) is 4.79 Å². The molecule has 4 heteroatoms. The maximum atomic E-state index is 10.1. The number of rotatable bonds is 4. The lowest BCUT2D eigenvalue weighted by Crippen LogP contribution is -2.15. The Balaban J connectivity index is 3.11. The number of esters is 1. The largest absolute Gasteiger partial charge is 0.466 e. The van der Waals surface area contributed by atoms with Gasteiger partial charge in [0.05, 0.1) is 19.3 Å². The molecule has 0 aliphatic rings. The van der Waals surface area contributed by atoms with E-state index < -0.39 is 6.10 Å². The molecular weight excluding hydrogens is 136 g/mol. The molecule has 0 heterocycles. The summed E-state index contributed by atoms with van der Waals surface area (Å²) in [4.78, 5) is 10.1. The van der Waals surface area contributed by atoms with E-state index >= 15 is 0 Å². The summed E-state index contributed by atoms with van der Waals surface area (Å²) in [6, 6.07) is 0. The monoisotopic (exact) mass is 148 g/mol. The van der Waals surface area contributed by atoms with E-state index in [0.29, 0.717) is 0 Å². The van der Waals surface area contributed by atoms with Gasteiger partial charge in [0.15, 0.2) is 0 Å². The number of ether oxygens (including phenoxy) is 1. The molecule has 10 heavy (non-hydrogen) atoms. The molecule has 1 unspecified atom stereocenters. The van der Waals surface area contributed by atoms with Crippen molar-refractivity contribution in [3.05, 3.63) is 0 Å². The molecule has 0 aromatic carbocycles. The zero-order chi connectivity index (χ0) is 7.98. The van der Waals surface area contributed by atoms with E-state index in [-0.39, 0.29) is 25.6 Å². The van der Waals surface area contributed by atoms with E-state index in [1.807, 2.05) is 0 Å². The summed E-state index contributed by atoms with van der Waals surface area (Å²) in [5, 5.41) is 17.0. The van der Waals surface area contributed by atoms with Crippen molar-refractivity contribution < 1.29 is 19.7 Å². The van der Waals surface area contributed by atoms with E-state index in [1.54, 1.807) is 0 Å². The molecule has 0 aromatic heterocycles. The minimum Gasteiger partial charge on any atom is -0.466 e. The van der Waals surface area contributed by atoms with Gasteiger partial charge in [0.25, 0.3) is 0 Å². The number of hydrogen-bond donors (Lipinski definition) is 2. The molecular formula is C6H12O4. The summed E-state index contributed by atoms with van der Waals surface area (Å²) in [6.07, 6.45) is -0.491. The average Bonchev–Trinajstić information content (AvgIpc) is 1.87. The van der Waals surface area contributed by atoms with Crippen LogP contribution in [0, 0.1) is 0 Å². The number of hydrogen-bond acceptors (Lipinski definition) is 4. The Kier molecular flexibility index (Phi) is 4.88. The minimum atomic E-state index is -0.778. The molecule has 0 saturated carbocycles. The predicted molar refractivity (Wildman–Crippen MR) is 34.3 cm³/mol. The Labute approximate surface area is 59.4 Å². The van der Waals surface area contributed by atoms with Crippen LogP contribution in [0.3, 0.4) is 0 Å². The van der Waals surface area contributed by atoms with Gasteiger partial charge in [0, 0.05) is 13.3 Å². The fourth-order valence-electron chi connectivity index (χ4n) is 0.430. The van der Waals surface area contributed by atoms with Gasteiger partial charge in [-0.15, -0.1) is 0 Å². The van der Waals surface area contributed by atoms with E-state index in [4.69, 9.17) is 10.2 Å². The summed E-state index contributed by atoms with van der Waals surface area (Å²) in [7, 11) is 0. The molecule has 0 bridgehead atoms. The number of aliphatic hydroxyl groups is 2. The molecule has 0 spiro atoms. The quantitative estimate of drug-likeness (QED) is 0.517. The van der Waals surface area contributed by atoms with Crippen molar-refractivity contribution >= 4 is 5.97 Å². The Bertz CT molecular complexity index is 102. The minimum absolute atomic E-state index is 0.164. The lowest BCUT2D eigenvalue weighted by molar-refractivity contribution is -0.141. The van der Waals surface area contributed by atoms with Gasteiger partial charge in [-0.1, -0.05) is 0 Å². The second-order valence-electron chi connectivity index (χ2n) is 1.97. The van der Waals surface area contributed by atoms with Crippen molar-refractivity contribution in [1.82, 2.24) is 0 Å². The van der Waals surface area contributed by atoms with Gasteiger partial charge >= 0.3 is 5.97 Å². The summed E-state index contributed by atoms with van der Waals surface area (Å²) in [6.45, 7) is 1.17. The molecule has 2 N–H and O–H groups in total. The molecule has 0 rings (SSSR count). The second kappa shape index (κ2) is 5.20. The van der Waals surface area contributed by atoms with Gasteiger partial charge in [0.1, 0.15) is 0 Å². The van der Waals surface area contributed by atoms with Gasteiger partial charge in [0.2, 0.25) is 0 Å². The van der Waals surface area contributed by atoms with Gasteiger partial charge in [-0.3, -0.25) is 4.79 Å². The Morgan fingerprint density at radius 2 is 2.30 bits per heavy atom. The lowest BCUT2D eigenvalue weighted by atomic mass is 10.3. The zero-order valence-corrected chi connectivity index (χ0v) is 5.91. The van der Waals surface area contributed by atoms with Crippen LogP contribution >= 0.6 is 0 Å². The van der Waals surface area contributed by atoms with Crippen molar-refractivity contribution in [2.45, 2.75) is 19.4 Å². The summed E-state index contributed by atoms with van der Waals surface area (Å²) < 4.78 is 4.50. The van der Waals surface area contributed by atoms with E-state index in [2.05, 4.69) is 4.74 Å². The molecule has 0 amide bonds. The first-order valence-corrected chi connectivity index (χ1v) is 3.09. The van der Waals surface area contributed by atoms with Gasteiger partial charge in [-0.05, 0) is 0 Å². The highest BCUT2D eigenvalue weighted by Gasteiger charge is 2.01. The highest BCUT2D eigenvalue weighted by atomic mass is 16.5. The third kappa shape index (κ3) is 5.53. The van der Waals surface area contributed by atoms with Crippen molar-refractivity contribution in [2.24, 2.45) is 0 Å². The maximum Gasteiger partial charge on any atom is 0.302 e. The molecule has 60 valence electrons. The van der Waals surface area contributed by atoms with Crippen LogP contribution in [0.1, 0.15) is 13.3 Å². The normalized spacial score (nSPS) is 12.7. The van der Waals surface area contributed by atoms with Crippen molar-refractivity contribution in [2.75, 3.05) is 13.2 Å². The first-order chi connectivity index (χ1) is 4.66.